The molecule has 0 aromatic carbocycles. The smallest absolute Gasteiger partial charge is 0.167 e. The van der Waals surface area contributed by atoms with Crippen LogP contribution in [0.4, 0.5) is 0 Å². The summed E-state index contributed by atoms with van der Waals surface area (Å²) in [5.41, 5.74) is -0.422. The van der Waals surface area contributed by atoms with E-state index in [-0.39, 0.29) is 5.92 Å². The van der Waals surface area contributed by atoms with E-state index in [4.69, 9.17) is 4.74 Å². The summed E-state index contributed by atoms with van der Waals surface area (Å²) in [5, 5.41) is 0. The predicted molar refractivity (Wildman–Crippen MR) is 78.1 cm³/mol. The van der Waals surface area contributed by atoms with Crippen molar-refractivity contribution in [2.24, 2.45) is 17.8 Å². The van der Waals surface area contributed by atoms with Gasteiger partial charge in [0.05, 0.1) is 0 Å². The van der Waals surface area contributed by atoms with Gasteiger partial charge in [0.2, 0.25) is 0 Å². The van der Waals surface area contributed by atoms with Gasteiger partial charge in [-0.05, 0) is 50.9 Å². The molecule has 2 aliphatic rings. The fraction of sp³-hybridized carbons (Fsp3) is 0.941. The van der Waals surface area contributed by atoms with Crippen LogP contribution >= 0.6 is 0 Å². The quantitative estimate of drug-likeness (QED) is 0.755. The fourth-order valence-electron chi connectivity index (χ4n) is 4.39. The van der Waals surface area contributed by atoms with Crippen molar-refractivity contribution in [3.63, 3.8) is 0 Å². The largest absolute Gasteiger partial charge is 0.367 e. The number of ether oxygens (including phenoxy) is 1. The van der Waals surface area contributed by atoms with Crippen molar-refractivity contribution in [1.82, 2.24) is 0 Å². The first-order valence-electron chi connectivity index (χ1n) is 8.25. The van der Waals surface area contributed by atoms with Gasteiger partial charge < -0.3 is 4.74 Å². The van der Waals surface area contributed by atoms with E-state index in [2.05, 4.69) is 13.8 Å². The minimum absolute atomic E-state index is 0.253. The Morgan fingerprint density at radius 3 is 2.16 bits per heavy atom. The summed E-state index contributed by atoms with van der Waals surface area (Å²) in [6.07, 6.45) is 8.94. The van der Waals surface area contributed by atoms with Gasteiger partial charge in [0.25, 0.3) is 0 Å². The van der Waals surface area contributed by atoms with Crippen molar-refractivity contribution in [3.8, 4) is 0 Å². The molecule has 0 bridgehead atoms. The molecule has 2 unspecified atom stereocenters. The number of carbonyl (C=O) groups is 1. The van der Waals surface area contributed by atoms with Gasteiger partial charge in [-0.25, -0.2) is 0 Å². The molecule has 0 aromatic heterocycles. The van der Waals surface area contributed by atoms with Crippen LogP contribution in [0, 0.1) is 17.8 Å². The first-order valence-corrected chi connectivity index (χ1v) is 8.25. The van der Waals surface area contributed by atoms with E-state index in [9.17, 15) is 4.79 Å². The Morgan fingerprint density at radius 1 is 1.05 bits per heavy atom. The molecular weight excluding hydrogens is 236 g/mol. The number of carbonyl (C=O) groups excluding carboxylic acids is 1. The molecule has 110 valence electrons. The van der Waals surface area contributed by atoms with E-state index in [0.717, 1.165) is 38.5 Å². The Hall–Kier alpha value is -0.370. The van der Waals surface area contributed by atoms with Crippen LogP contribution in [-0.2, 0) is 9.53 Å². The molecule has 2 heteroatoms. The summed E-state index contributed by atoms with van der Waals surface area (Å²) in [6.45, 7) is 7.29. The molecule has 0 aliphatic heterocycles. The normalized spacial score (nSPS) is 35.0. The number of hydrogen-bond donors (Lipinski definition) is 0. The fourth-order valence-corrected chi connectivity index (χ4v) is 4.39. The monoisotopic (exact) mass is 266 g/mol. The van der Waals surface area contributed by atoms with Crippen LogP contribution in [0.15, 0.2) is 0 Å². The van der Waals surface area contributed by atoms with Crippen LogP contribution in [0.1, 0.15) is 72.1 Å². The van der Waals surface area contributed by atoms with Crippen LogP contribution in [0.25, 0.3) is 0 Å². The predicted octanol–water partition coefficient (Wildman–Crippen LogP) is 4.37. The Kier molecular flexibility index (Phi) is 5.05. The lowest BCUT2D eigenvalue weighted by molar-refractivity contribution is -0.155. The zero-order chi connectivity index (χ0) is 13.9. The number of rotatable bonds is 4. The maximum absolute atomic E-state index is 13.0. The second-order valence-corrected chi connectivity index (χ2v) is 6.97. The first-order chi connectivity index (χ1) is 9.07. The zero-order valence-corrected chi connectivity index (χ0v) is 12.9. The van der Waals surface area contributed by atoms with Gasteiger partial charge in [-0.15, -0.1) is 0 Å². The molecule has 0 N–H and O–H groups in total. The summed E-state index contributed by atoms with van der Waals surface area (Å²) in [5.74, 6) is 2.08. The third-order valence-electron chi connectivity index (χ3n) is 5.08. The lowest BCUT2D eigenvalue weighted by atomic mass is 9.69. The minimum atomic E-state index is -0.422. The standard InChI is InChI=1S/C17H30O2/c1-4-19-17(8-6-5-7-9-17)16(18)15-11-13(2)10-14(3)12-15/h13-15H,4-12H2,1-3H3. The van der Waals surface area contributed by atoms with Crippen molar-refractivity contribution in [2.45, 2.75) is 77.7 Å². The molecule has 0 radical (unpaired) electrons. The van der Waals surface area contributed by atoms with Crippen LogP contribution in [0.2, 0.25) is 0 Å². The molecule has 2 rings (SSSR count). The summed E-state index contributed by atoms with van der Waals surface area (Å²) >= 11 is 0. The van der Waals surface area contributed by atoms with Gasteiger partial charge in [0.1, 0.15) is 5.60 Å². The maximum atomic E-state index is 13.0. The highest BCUT2D eigenvalue weighted by Crippen LogP contribution is 2.40. The van der Waals surface area contributed by atoms with Crippen LogP contribution < -0.4 is 0 Å². The van der Waals surface area contributed by atoms with Crippen molar-refractivity contribution in [2.75, 3.05) is 6.61 Å². The lowest BCUT2D eigenvalue weighted by Gasteiger charge is -2.40. The van der Waals surface area contributed by atoms with Crippen LogP contribution in [0.5, 0.6) is 0 Å². The van der Waals surface area contributed by atoms with Gasteiger partial charge in [0, 0.05) is 12.5 Å². The Balaban J connectivity index is 2.10. The first kappa shape index (κ1) is 15.0. The lowest BCUT2D eigenvalue weighted by Crippen LogP contribution is -2.48. The third kappa shape index (κ3) is 3.39. The highest BCUT2D eigenvalue weighted by atomic mass is 16.5. The Labute approximate surface area is 118 Å². The van der Waals surface area contributed by atoms with Gasteiger partial charge in [-0.2, -0.15) is 0 Å². The van der Waals surface area contributed by atoms with Crippen LogP contribution in [-0.4, -0.2) is 18.0 Å². The van der Waals surface area contributed by atoms with Gasteiger partial charge in [0.15, 0.2) is 5.78 Å². The SMILES string of the molecule is CCOC1(C(=O)C2CC(C)CC(C)C2)CCCCC1. The topological polar surface area (TPSA) is 26.3 Å². The molecule has 2 fully saturated rings. The molecule has 0 aromatic rings. The van der Waals surface area contributed by atoms with E-state index < -0.39 is 5.60 Å². The molecule has 0 heterocycles. The van der Waals surface area contributed by atoms with Gasteiger partial charge >= 0.3 is 0 Å². The molecule has 2 aliphatic carbocycles. The van der Waals surface area contributed by atoms with Crippen LogP contribution in [0.3, 0.4) is 0 Å². The van der Waals surface area contributed by atoms with E-state index >= 15 is 0 Å². The molecule has 19 heavy (non-hydrogen) atoms. The molecule has 0 amide bonds. The number of Topliss-reactive ketones (excluding diaryl/α,β-unsaturated/α-hetero) is 1. The average Bonchev–Trinajstić information content (AvgIpc) is 2.38. The molecule has 2 saturated carbocycles. The van der Waals surface area contributed by atoms with Crippen molar-refractivity contribution in [1.29, 1.82) is 0 Å². The van der Waals surface area contributed by atoms with Gasteiger partial charge in [-0.1, -0.05) is 33.1 Å². The van der Waals surface area contributed by atoms with E-state index in [1.54, 1.807) is 0 Å². The van der Waals surface area contributed by atoms with E-state index in [1.165, 1.54) is 12.8 Å². The van der Waals surface area contributed by atoms with Crippen molar-refractivity contribution >= 4 is 5.78 Å². The van der Waals surface area contributed by atoms with Gasteiger partial charge in [-0.3, -0.25) is 4.79 Å². The molecular formula is C17H30O2. The molecule has 2 nitrogen and oxygen atoms in total. The van der Waals surface area contributed by atoms with Crippen molar-refractivity contribution < 1.29 is 9.53 Å². The van der Waals surface area contributed by atoms with E-state index in [0.29, 0.717) is 24.2 Å². The second-order valence-electron chi connectivity index (χ2n) is 6.97. The zero-order valence-electron chi connectivity index (χ0n) is 12.9. The average molecular weight is 266 g/mol. The number of ketones is 1. The summed E-state index contributed by atoms with van der Waals surface area (Å²) in [4.78, 5) is 13.0. The second kappa shape index (κ2) is 6.39. The summed E-state index contributed by atoms with van der Waals surface area (Å²) < 4.78 is 6.01. The molecule has 0 spiro atoms. The highest BCUT2D eigenvalue weighted by Gasteiger charge is 2.44. The Morgan fingerprint density at radius 2 is 1.63 bits per heavy atom. The maximum Gasteiger partial charge on any atom is 0.167 e. The minimum Gasteiger partial charge on any atom is -0.367 e. The molecule has 2 atom stereocenters. The van der Waals surface area contributed by atoms with Crippen molar-refractivity contribution in [3.05, 3.63) is 0 Å². The summed E-state index contributed by atoms with van der Waals surface area (Å²) in [6, 6.07) is 0. The summed E-state index contributed by atoms with van der Waals surface area (Å²) in [7, 11) is 0. The highest BCUT2D eigenvalue weighted by molar-refractivity contribution is 5.89. The third-order valence-corrected chi connectivity index (χ3v) is 5.08. The Bertz CT molecular complexity index is 289. The molecule has 0 saturated heterocycles. The number of hydrogen-bond acceptors (Lipinski definition) is 2. The van der Waals surface area contributed by atoms with E-state index in [1.807, 2.05) is 6.92 Å².